The van der Waals surface area contributed by atoms with Crippen molar-refractivity contribution >= 4 is 11.0 Å². The van der Waals surface area contributed by atoms with Crippen molar-refractivity contribution in [2.24, 2.45) is 0 Å². The lowest BCUT2D eigenvalue weighted by Gasteiger charge is -2.02. The zero-order valence-electron chi connectivity index (χ0n) is 7.28. The van der Waals surface area contributed by atoms with Crippen molar-refractivity contribution < 1.29 is 4.57 Å². The molecule has 3 heteroatoms. The van der Waals surface area contributed by atoms with Crippen LogP contribution in [0.2, 0.25) is 0 Å². The predicted octanol–water partition coefficient (Wildman–Crippen LogP) is 1.43. The van der Waals surface area contributed by atoms with Crippen molar-refractivity contribution in [2.45, 2.75) is 19.9 Å². The van der Waals surface area contributed by atoms with Gasteiger partial charge in [0.15, 0.2) is 0 Å². The SMILES string of the molecule is CC(C)[n+]1cccc2cn[nH]c21. The largest absolute Gasteiger partial charge is 0.308 e. The lowest BCUT2D eigenvalue weighted by Crippen LogP contribution is -2.36. The number of aromatic amines is 1. The molecule has 0 amide bonds. The third-order valence-corrected chi connectivity index (χ3v) is 1.98. The second kappa shape index (κ2) is 2.59. The molecule has 0 fully saturated rings. The molecular weight excluding hydrogens is 150 g/mol. The molecule has 0 spiro atoms. The van der Waals surface area contributed by atoms with Gasteiger partial charge in [-0.25, -0.2) is 4.57 Å². The first kappa shape index (κ1) is 7.28. The summed E-state index contributed by atoms with van der Waals surface area (Å²) in [4.78, 5) is 0. The van der Waals surface area contributed by atoms with Gasteiger partial charge in [0, 0.05) is 0 Å². The van der Waals surface area contributed by atoms with E-state index in [0.717, 1.165) is 11.0 Å². The van der Waals surface area contributed by atoms with Crippen molar-refractivity contribution in [1.29, 1.82) is 0 Å². The molecule has 0 bridgehead atoms. The lowest BCUT2D eigenvalue weighted by molar-refractivity contribution is -0.693. The van der Waals surface area contributed by atoms with Crippen LogP contribution in [0.15, 0.2) is 24.5 Å². The average molecular weight is 162 g/mol. The van der Waals surface area contributed by atoms with Gasteiger partial charge in [0.05, 0.1) is 23.8 Å². The molecule has 0 aliphatic carbocycles. The van der Waals surface area contributed by atoms with Crippen LogP contribution in [-0.4, -0.2) is 10.2 Å². The summed E-state index contributed by atoms with van der Waals surface area (Å²) < 4.78 is 2.17. The number of nitrogens with zero attached hydrogens (tertiary/aromatic N) is 2. The Hall–Kier alpha value is -1.38. The molecule has 0 unspecified atom stereocenters. The summed E-state index contributed by atoms with van der Waals surface area (Å²) in [5, 5.41) is 8.14. The fourth-order valence-electron chi connectivity index (χ4n) is 1.36. The van der Waals surface area contributed by atoms with Crippen LogP contribution in [0.25, 0.3) is 11.0 Å². The van der Waals surface area contributed by atoms with E-state index in [1.807, 2.05) is 12.3 Å². The van der Waals surface area contributed by atoms with Gasteiger partial charge in [0.1, 0.15) is 0 Å². The van der Waals surface area contributed by atoms with Gasteiger partial charge < -0.3 is 0 Å². The van der Waals surface area contributed by atoms with E-state index in [9.17, 15) is 0 Å². The molecule has 0 aliphatic heterocycles. The first-order valence-electron chi connectivity index (χ1n) is 4.12. The van der Waals surface area contributed by atoms with Crippen LogP contribution in [0.3, 0.4) is 0 Å². The minimum atomic E-state index is 0.467. The van der Waals surface area contributed by atoms with Gasteiger partial charge in [-0.2, -0.15) is 0 Å². The third-order valence-electron chi connectivity index (χ3n) is 1.98. The van der Waals surface area contributed by atoms with Crippen molar-refractivity contribution in [2.75, 3.05) is 0 Å². The van der Waals surface area contributed by atoms with Gasteiger partial charge >= 0.3 is 5.65 Å². The van der Waals surface area contributed by atoms with Crippen LogP contribution in [0.1, 0.15) is 19.9 Å². The number of aromatic nitrogens is 3. The molecule has 2 aromatic rings. The molecule has 0 aromatic carbocycles. The summed E-state index contributed by atoms with van der Waals surface area (Å²) >= 11 is 0. The monoisotopic (exact) mass is 162 g/mol. The minimum Gasteiger partial charge on any atom is -0.230 e. The van der Waals surface area contributed by atoms with Crippen LogP contribution >= 0.6 is 0 Å². The standard InChI is InChI=1S/C9H11N3/c1-7(2)12-5-3-4-8-6-10-11-9(8)12/h3-7H,1-2H3/p+1. The quantitative estimate of drug-likeness (QED) is 0.632. The van der Waals surface area contributed by atoms with E-state index in [1.54, 1.807) is 0 Å². The summed E-state index contributed by atoms with van der Waals surface area (Å²) in [6.45, 7) is 4.31. The Morgan fingerprint density at radius 2 is 2.33 bits per heavy atom. The molecule has 2 rings (SSSR count). The second-order valence-electron chi connectivity index (χ2n) is 3.18. The summed E-state index contributed by atoms with van der Waals surface area (Å²) in [5.41, 5.74) is 1.09. The van der Waals surface area contributed by atoms with Gasteiger partial charge in [0.2, 0.25) is 0 Å². The second-order valence-corrected chi connectivity index (χ2v) is 3.18. The normalized spacial score (nSPS) is 11.2. The highest BCUT2D eigenvalue weighted by molar-refractivity contribution is 5.69. The van der Waals surface area contributed by atoms with E-state index in [2.05, 4.69) is 40.9 Å². The lowest BCUT2D eigenvalue weighted by atomic mass is 10.3. The molecule has 0 saturated heterocycles. The summed E-state index contributed by atoms with van der Waals surface area (Å²) in [6.07, 6.45) is 3.90. The predicted molar refractivity (Wildman–Crippen MR) is 46.7 cm³/mol. The number of fused-ring (bicyclic) bond motifs is 1. The first-order chi connectivity index (χ1) is 5.79. The topological polar surface area (TPSA) is 32.6 Å². The maximum absolute atomic E-state index is 4.00. The van der Waals surface area contributed by atoms with E-state index in [1.165, 1.54) is 0 Å². The van der Waals surface area contributed by atoms with Crippen molar-refractivity contribution in [3.8, 4) is 0 Å². The number of H-pyrrole nitrogens is 1. The van der Waals surface area contributed by atoms with E-state index in [4.69, 9.17) is 0 Å². The van der Waals surface area contributed by atoms with Gasteiger partial charge in [-0.15, -0.1) is 5.10 Å². The van der Waals surface area contributed by atoms with Gasteiger partial charge in [-0.1, -0.05) is 5.10 Å². The number of hydrogen-bond acceptors (Lipinski definition) is 1. The molecule has 0 aliphatic rings. The maximum atomic E-state index is 4.00. The molecule has 12 heavy (non-hydrogen) atoms. The zero-order valence-corrected chi connectivity index (χ0v) is 7.28. The van der Waals surface area contributed by atoms with E-state index in [-0.39, 0.29) is 0 Å². The fourth-order valence-corrected chi connectivity index (χ4v) is 1.36. The van der Waals surface area contributed by atoms with Gasteiger partial charge in [0.25, 0.3) is 0 Å². The Bertz CT molecular complexity index is 389. The molecule has 0 saturated carbocycles. The van der Waals surface area contributed by atoms with Crippen LogP contribution in [0.5, 0.6) is 0 Å². The fraction of sp³-hybridized carbons (Fsp3) is 0.333. The van der Waals surface area contributed by atoms with Crippen LogP contribution < -0.4 is 4.57 Å². The van der Waals surface area contributed by atoms with E-state index in [0.29, 0.717) is 6.04 Å². The van der Waals surface area contributed by atoms with Crippen LogP contribution in [0.4, 0.5) is 0 Å². The molecule has 62 valence electrons. The number of rotatable bonds is 1. The maximum Gasteiger partial charge on any atom is 0.308 e. The van der Waals surface area contributed by atoms with Crippen molar-refractivity contribution in [3.05, 3.63) is 24.5 Å². The summed E-state index contributed by atoms with van der Waals surface area (Å²) in [5.74, 6) is 0. The van der Waals surface area contributed by atoms with Crippen LogP contribution in [0, 0.1) is 0 Å². The molecule has 3 nitrogen and oxygen atoms in total. The minimum absolute atomic E-state index is 0.467. The Labute approximate surface area is 71.0 Å². The number of nitrogens with one attached hydrogen (secondary N) is 1. The van der Waals surface area contributed by atoms with E-state index >= 15 is 0 Å². The Balaban J connectivity index is 2.73. The van der Waals surface area contributed by atoms with E-state index < -0.39 is 0 Å². The molecule has 2 aromatic heterocycles. The zero-order chi connectivity index (χ0) is 8.55. The highest BCUT2D eigenvalue weighted by Crippen LogP contribution is 2.05. The van der Waals surface area contributed by atoms with Gasteiger partial charge in [-0.3, -0.25) is 0 Å². The van der Waals surface area contributed by atoms with Crippen LogP contribution in [-0.2, 0) is 0 Å². The summed E-state index contributed by atoms with van der Waals surface area (Å²) in [6, 6.07) is 4.56. The molecule has 0 radical (unpaired) electrons. The smallest absolute Gasteiger partial charge is 0.230 e. The molecular formula is C9H12N3+. The molecule has 0 atom stereocenters. The Morgan fingerprint density at radius 3 is 3.08 bits per heavy atom. The first-order valence-corrected chi connectivity index (χ1v) is 4.12. The highest BCUT2D eigenvalue weighted by Gasteiger charge is 2.10. The average Bonchev–Trinajstić information content (AvgIpc) is 2.49. The molecule has 2 heterocycles. The summed E-state index contributed by atoms with van der Waals surface area (Å²) in [7, 11) is 0. The Kier molecular flexibility index (Phi) is 1.57. The van der Waals surface area contributed by atoms with Crippen molar-refractivity contribution in [1.82, 2.24) is 10.2 Å². The van der Waals surface area contributed by atoms with Crippen molar-refractivity contribution in [3.63, 3.8) is 0 Å². The molecule has 1 N–H and O–H groups in total. The Morgan fingerprint density at radius 1 is 1.50 bits per heavy atom. The van der Waals surface area contributed by atoms with Gasteiger partial charge in [-0.05, 0) is 26.0 Å². The number of pyridine rings is 1. The highest BCUT2D eigenvalue weighted by atomic mass is 15.2. The third kappa shape index (κ3) is 0.978. The number of hydrogen-bond donors (Lipinski definition) is 1.